The third-order valence-corrected chi connectivity index (χ3v) is 3.09. The second kappa shape index (κ2) is 11.4. The average molecular weight is 388 g/mol. The number of nitrogens with zero attached hydrogens (tertiary/aromatic N) is 2. The fourth-order valence-corrected chi connectivity index (χ4v) is 1.93. The van der Waals surface area contributed by atoms with Gasteiger partial charge in [-0.15, -0.1) is 10.2 Å². The van der Waals surface area contributed by atoms with Crippen molar-refractivity contribution in [3.05, 3.63) is 83.6 Å². The molecule has 0 spiro atoms. The minimum absolute atomic E-state index is 0. The van der Waals surface area contributed by atoms with Crippen LogP contribution in [0.5, 0.6) is 0 Å². The molecular formula is C18H13F4KN2O. The van der Waals surface area contributed by atoms with Crippen LogP contribution in [-0.4, -0.2) is 24.3 Å². The van der Waals surface area contributed by atoms with E-state index in [2.05, 4.69) is 10.2 Å². The minimum Gasteiger partial charge on any atom is -0.872 e. The van der Waals surface area contributed by atoms with Gasteiger partial charge in [-0.05, 0) is 6.08 Å². The van der Waals surface area contributed by atoms with Crippen molar-refractivity contribution in [2.75, 3.05) is 0 Å². The van der Waals surface area contributed by atoms with Crippen LogP contribution in [0.1, 0.15) is 11.1 Å². The molecule has 0 fully saturated rings. The van der Waals surface area contributed by atoms with E-state index in [9.17, 15) is 22.7 Å². The molecule has 2 aromatic rings. The van der Waals surface area contributed by atoms with Crippen molar-refractivity contribution >= 4 is 11.4 Å². The topological polar surface area (TPSA) is 47.8 Å². The van der Waals surface area contributed by atoms with Crippen LogP contribution in [0, 0.1) is 0 Å². The molecule has 8 heteroatoms. The summed E-state index contributed by atoms with van der Waals surface area (Å²) in [6.45, 7) is 0. The average Bonchev–Trinajstić information content (AvgIpc) is 2.62. The van der Waals surface area contributed by atoms with E-state index in [1.807, 2.05) is 0 Å². The van der Waals surface area contributed by atoms with Gasteiger partial charge in [-0.1, -0.05) is 66.4 Å². The van der Waals surface area contributed by atoms with E-state index in [1.165, 1.54) is 0 Å². The molecule has 0 aromatic heterocycles. The Morgan fingerprint density at radius 2 is 1.23 bits per heavy atom. The molecule has 3 nitrogen and oxygen atoms in total. The van der Waals surface area contributed by atoms with Crippen LogP contribution < -0.4 is 56.5 Å². The van der Waals surface area contributed by atoms with Gasteiger partial charge in [0.2, 0.25) is 6.43 Å². The quantitative estimate of drug-likeness (QED) is 0.236. The first kappa shape index (κ1) is 22.7. The molecular weight excluding hydrogens is 375 g/mol. The monoisotopic (exact) mass is 388 g/mol. The zero-order chi connectivity index (χ0) is 18.2. The smallest absolute Gasteiger partial charge is 0.872 e. The van der Waals surface area contributed by atoms with E-state index in [4.69, 9.17) is 0 Å². The largest absolute Gasteiger partial charge is 1.00 e. The van der Waals surface area contributed by atoms with E-state index in [0.29, 0.717) is 11.1 Å². The molecule has 0 unspecified atom stereocenters. The van der Waals surface area contributed by atoms with Crippen molar-refractivity contribution in [1.82, 2.24) is 0 Å². The van der Waals surface area contributed by atoms with Gasteiger partial charge in [-0.25, -0.2) is 17.6 Å². The Bertz CT molecular complexity index is 737. The van der Waals surface area contributed by atoms with E-state index in [0.717, 1.165) is 0 Å². The molecule has 0 heterocycles. The van der Waals surface area contributed by atoms with Crippen LogP contribution in [0.3, 0.4) is 0 Å². The van der Waals surface area contributed by atoms with Crippen LogP contribution >= 0.6 is 0 Å². The minimum atomic E-state index is -3.38. The Labute approximate surface area is 190 Å². The summed E-state index contributed by atoms with van der Waals surface area (Å²) in [6, 6.07) is 17.3. The van der Waals surface area contributed by atoms with Crippen LogP contribution in [0.2, 0.25) is 0 Å². The Morgan fingerprint density at radius 3 is 1.62 bits per heavy atom. The summed E-state index contributed by atoms with van der Waals surface area (Å²) in [6.07, 6.45) is -6.47. The molecule has 0 aliphatic carbocycles. The maximum atomic E-state index is 12.9. The molecule has 0 aliphatic heterocycles. The molecule has 0 aliphatic rings. The van der Waals surface area contributed by atoms with Gasteiger partial charge in [0.05, 0.1) is 0 Å². The number of allylic oxidation sites excluding steroid dienone is 2. The molecule has 0 bridgehead atoms. The van der Waals surface area contributed by atoms with Gasteiger partial charge in [-0.2, -0.15) is 0 Å². The molecule has 0 radical (unpaired) electrons. The Morgan fingerprint density at radius 1 is 0.769 bits per heavy atom. The first-order valence-electron chi connectivity index (χ1n) is 7.20. The third kappa shape index (κ3) is 6.77. The van der Waals surface area contributed by atoms with Gasteiger partial charge >= 0.3 is 51.4 Å². The Balaban J connectivity index is 0.00000338. The summed E-state index contributed by atoms with van der Waals surface area (Å²) in [5, 5.41) is 18.1. The molecule has 0 amide bonds. The van der Waals surface area contributed by atoms with Gasteiger partial charge in [-0.3, -0.25) is 0 Å². The summed E-state index contributed by atoms with van der Waals surface area (Å²) in [5.74, 6) is -1.74. The first-order valence-corrected chi connectivity index (χ1v) is 7.20. The van der Waals surface area contributed by atoms with Gasteiger partial charge < -0.3 is 5.11 Å². The summed E-state index contributed by atoms with van der Waals surface area (Å²) in [4.78, 5) is 0. The van der Waals surface area contributed by atoms with Gasteiger partial charge in [0.1, 0.15) is 11.4 Å². The fraction of sp³-hybridized carbons (Fsp3) is 0.111. The zero-order valence-electron chi connectivity index (χ0n) is 13.8. The molecule has 0 N–H and O–H groups in total. The Kier molecular flexibility index (Phi) is 9.96. The zero-order valence-corrected chi connectivity index (χ0v) is 16.9. The van der Waals surface area contributed by atoms with Gasteiger partial charge in [0.25, 0.3) is 6.43 Å². The third-order valence-electron chi connectivity index (χ3n) is 3.09. The SMILES string of the molecule is [K+].[O-]C(=CC(=NN=C(c1ccccc1)c1ccccc1)C(F)F)C(F)F. The normalized spacial score (nSPS) is 12.1. The molecule has 2 aromatic carbocycles. The van der Waals surface area contributed by atoms with Crippen molar-refractivity contribution < 1.29 is 74.1 Å². The summed E-state index contributed by atoms with van der Waals surface area (Å²) >= 11 is 0. The first-order chi connectivity index (χ1) is 12.0. The van der Waals surface area contributed by atoms with Crippen molar-refractivity contribution in [3.63, 3.8) is 0 Å². The maximum Gasteiger partial charge on any atom is 1.00 e. The standard InChI is InChI=1S/C18H14F4N2O.K/c19-17(20)14(11-15(25)18(21)22)23-24-16(12-7-3-1-4-8-12)13-9-5-2-6-10-13;/h1-11,17-18,25H;/q;+1/p-1. The number of halogens is 4. The number of hydrogen-bond donors (Lipinski definition) is 0. The number of hydrogen-bond acceptors (Lipinski definition) is 3. The molecule has 2 rings (SSSR count). The number of alkyl halides is 4. The molecule has 0 atom stereocenters. The van der Waals surface area contributed by atoms with Crippen LogP contribution in [0.25, 0.3) is 0 Å². The second-order valence-corrected chi connectivity index (χ2v) is 4.85. The summed E-state index contributed by atoms with van der Waals surface area (Å²) in [7, 11) is 0. The predicted molar refractivity (Wildman–Crippen MR) is 86.0 cm³/mol. The predicted octanol–water partition coefficient (Wildman–Crippen LogP) is 0.658. The van der Waals surface area contributed by atoms with E-state index in [-0.39, 0.29) is 63.2 Å². The van der Waals surface area contributed by atoms with Crippen molar-refractivity contribution in [1.29, 1.82) is 0 Å². The Hall–Kier alpha value is -1.32. The van der Waals surface area contributed by atoms with Crippen LogP contribution in [0.4, 0.5) is 17.6 Å². The fourth-order valence-electron chi connectivity index (χ4n) is 1.93. The summed E-state index contributed by atoms with van der Waals surface area (Å²) in [5.41, 5.74) is 0.365. The van der Waals surface area contributed by atoms with Gasteiger partial charge in [0.15, 0.2) is 0 Å². The molecule has 26 heavy (non-hydrogen) atoms. The summed E-state index contributed by atoms with van der Waals surface area (Å²) < 4.78 is 50.4. The molecule has 0 saturated heterocycles. The second-order valence-electron chi connectivity index (χ2n) is 4.85. The molecule has 0 saturated carbocycles. The van der Waals surface area contributed by atoms with Crippen molar-refractivity contribution in [3.8, 4) is 0 Å². The van der Waals surface area contributed by atoms with E-state index < -0.39 is 24.3 Å². The van der Waals surface area contributed by atoms with E-state index in [1.54, 1.807) is 60.7 Å². The molecule has 130 valence electrons. The van der Waals surface area contributed by atoms with Crippen LogP contribution in [0.15, 0.2) is 82.7 Å². The number of benzene rings is 2. The van der Waals surface area contributed by atoms with Gasteiger partial charge in [0, 0.05) is 11.1 Å². The van der Waals surface area contributed by atoms with Crippen LogP contribution in [-0.2, 0) is 0 Å². The van der Waals surface area contributed by atoms with E-state index >= 15 is 0 Å². The number of rotatable bonds is 6. The van der Waals surface area contributed by atoms with Crippen molar-refractivity contribution in [2.24, 2.45) is 10.2 Å². The van der Waals surface area contributed by atoms with Crippen molar-refractivity contribution in [2.45, 2.75) is 12.9 Å². The maximum absolute atomic E-state index is 12.9.